The molecule has 0 aromatic carbocycles. The number of aliphatic hydroxyl groups is 1. The van der Waals surface area contributed by atoms with E-state index in [2.05, 4.69) is 24.5 Å². The number of aliphatic hydroxyl groups excluding tert-OH is 1. The molecule has 1 saturated heterocycles. The van der Waals surface area contributed by atoms with Gasteiger partial charge in [-0.2, -0.15) is 0 Å². The van der Waals surface area contributed by atoms with Crippen LogP contribution in [0.25, 0.3) is 0 Å². The van der Waals surface area contributed by atoms with E-state index in [-0.39, 0.29) is 6.61 Å². The van der Waals surface area contributed by atoms with Gasteiger partial charge in [-0.15, -0.1) is 0 Å². The van der Waals surface area contributed by atoms with Crippen LogP contribution in [0.15, 0.2) is 0 Å². The van der Waals surface area contributed by atoms with E-state index in [1.165, 1.54) is 12.8 Å². The molecule has 0 aromatic heterocycles. The third-order valence-corrected chi connectivity index (χ3v) is 3.13. The van der Waals surface area contributed by atoms with Gasteiger partial charge in [0.15, 0.2) is 0 Å². The van der Waals surface area contributed by atoms with Crippen LogP contribution in [0.3, 0.4) is 0 Å². The molecule has 1 rings (SSSR count). The first-order valence-corrected chi connectivity index (χ1v) is 6.27. The summed E-state index contributed by atoms with van der Waals surface area (Å²) < 4.78 is 0. The second kappa shape index (κ2) is 7.20. The first-order chi connectivity index (χ1) is 7.22. The number of rotatable bonds is 6. The Morgan fingerprint density at radius 2 is 2.00 bits per heavy atom. The van der Waals surface area contributed by atoms with Crippen molar-refractivity contribution in [2.24, 2.45) is 11.8 Å². The summed E-state index contributed by atoms with van der Waals surface area (Å²) in [5, 5.41) is 16.1. The van der Waals surface area contributed by atoms with E-state index >= 15 is 0 Å². The average molecular weight is 214 g/mol. The van der Waals surface area contributed by atoms with Gasteiger partial charge in [0.2, 0.25) is 0 Å². The average Bonchev–Trinajstić information content (AvgIpc) is 2.25. The molecule has 1 fully saturated rings. The van der Waals surface area contributed by atoms with Crippen LogP contribution in [0.5, 0.6) is 0 Å². The van der Waals surface area contributed by atoms with E-state index in [0.29, 0.717) is 12.0 Å². The number of piperidine rings is 1. The van der Waals surface area contributed by atoms with Crippen LogP contribution in [0, 0.1) is 11.8 Å². The van der Waals surface area contributed by atoms with E-state index in [4.69, 9.17) is 0 Å². The third kappa shape index (κ3) is 5.50. The Hall–Kier alpha value is -0.120. The maximum Gasteiger partial charge on any atom is 0.0584 e. The molecule has 1 heterocycles. The Kier molecular flexibility index (Phi) is 6.22. The molecule has 0 bridgehead atoms. The summed E-state index contributed by atoms with van der Waals surface area (Å²) in [6.45, 7) is 8.05. The van der Waals surface area contributed by atoms with Crippen LogP contribution >= 0.6 is 0 Å². The molecule has 0 aromatic rings. The molecule has 0 aliphatic carbocycles. The highest BCUT2D eigenvalue weighted by molar-refractivity contribution is 4.74. The van der Waals surface area contributed by atoms with E-state index < -0.39 is 0 Å². The molecule has 15 heavy (non-hydrogen) atoms. The smallest absolute Gasteiger partial charge is 0.0584 e. The van der Waals surface area contributed by atoms with Crippen molar-refractivity contribution in [2.45, 2.75) is 39.2 Å². The van der Waals surface area contributed by atoms with Gasteiger partial charge in [-0.25, -0.2) is 0 Å². The Labute approximate surface area is 93.6 Å². The predicted molar refractivity (Wildman–Crippen MR) is 63.9 cm³/mol. The second-order valence-electron chi connectivity index (χ2n) is 5.11. The fraction of sp³-hybridized carbons (Fsp3) is 1.00. The molecule has 3 N–H and O–H groups in total. The zero-order valence-corrected chi connectivity index (χ0v) is 10.1. The topological polar surface area (TPSA) is 44.3 Å². The fourth-order valence-electron chi connectivity index (χ4n) is 2.21. The van der Waals surface area contributed by atoms with Crippen molar-refractivity contribution in [1.82, 2.24) is 10.6 Å². The minimum atomic E-state index is 0.267. The summed E-state index contributed by atoms with van der Waals surface area (Å²) >= 11 is 0. The first-order valence-electron chi connectivity index (χ1n) is 6.27. The molecule has 1 unspecified atom stereocenters. The molecule has 0 saturated carbocycles. The minimum absolute atomic E-state index is 0.267. The maximum atomic E-state index is 9.23. The Morgan fingerprint density at radius 3 is 2.53 bits per heavy atom. The molecule has 90 valence electrons. The first kappa shape index (κ1) is 12.9. The van der Waals surface area contributed by atoms with Crippen molar-refractivity contribution in [3.05, 3.63) is 0 Å². The zero-order valence-electron chi connectivity index (χ0n) is 10.1. The Morgan fingerprint density at radius 1 is 1.33 bits per heavy atom. The molecular weight excluding hydrogens is 188 g/mol. The third-order valence-electron chi connectivity index (χ3n) is 3.13. The van der Waals surface area contributed by atoms with Crippen LogP contribution in [-0.2, 0) is 0 Å². The van der Waals surface area contributed by atoms with Gasteiger partial charge >= 0.3 is 0 Å². The second-order valence-corrected chi connectivity index (χ2v) is 5.11. The summed E-state index contributed by atoms with van der Waals surface area (Å²) in [5.41, 5.74) is 0. The Balaban J connectivity index is 2.14. The fourth-order valence-corrected chi connectivity index (χ4v) is 2.21. The summed E-state index contributed by atoms with van der Waals surface area (Å²) in [6.07, 6.45) is 3.61. The van der Waals surface area contributed by atoms with Crippen molar-refractivity contribution in [1.29, 1.82) is 0 Å². The quantitative estimate of drug-likeness (QED) is 0.617. The predicted octanol–water partition coefficient (Wildman–Crippen LogP) is 0.983. The van der Waals surface area contributed by atoms with Gasteiger partial charge in [0.25, 0.3) is 0 Å². The molecule has 3 heteroatoms. The van der Waals surface area contributed by atoms with E-state index in [0.717, 1.165) is 32.0 Å². The molecule has 1 atom stereocenters. The van der Waals surface area contributed by atoms with Crippen molar-refractivity contribution in [3.8, 4) is 0 Å². The van der Waals surface area contributed by atoms with E-state index in [1.54, 1.807) is 0 Å². The molecule has 0 amide bonds. The monoisotopic (exact) mass is 214 g/mol. The van der Waals surface area contributed by atoms with E-state index in [1.807, 2.05) is 0 Å². The lowest BCUT2D eigenvalue weighted by Gasteiger charge is -2.26. The van der Waals surface area contributed by atoms with Crippen LogP contribution in [-0.4, -0.2) is 37.4 Å². The van der Waals surface area contributed by atoms with E-state index in [9.17, 15) is 5.11 Å². The van der Waals surface area contributed by atoms with Gasteiger partial charge in [-0.3, -0.25) is 0 Å². The SMILES string of the molecule is CC(C)CC(CO)NCC1CCNCC1. The lowest BCUT2D eigenvalue weighted by Crippen LogP contribution is -2.40. The highest BCUT2D eigenvalue weighted by Crippen LogP contribution is 2.11. The molecular formula is C12H26N2O. The number of hydrogen-bond acceptors (Lipinski definition) is 3. The summed E-state index contributed by atoms with van der Waals surface area (Å²) in [5.74, 6) is 1.45. The maximum absolute atomic E-state index is 9.23. The summed E-state index contributed by atoms with van der Waals surface area (Å²) in [4.78, 5) is 0. The van der Waals surface area contributed by atoms with Crippen LogP contribution in [0.1, 0.15) is 33.1 Å². The standard InChI is InChI=1S/C12H26N2O/c1-10(2)7-12(9-15)14-8-11-3-5-13-6-4-11/h10-15H,3-9H2,1-2H3. The van der Waals surface area contributed by atoms with Crippen molar-refractivity contribution < 1.29 is 5.11 Å². The van der Waals surface area contributed by atoms with Crippen molar-refractivity contribution in [2.75, 3.05) is 26.2 Å². The van der Waals surface area contributed by atoms with Crippen molar-refractivity contribution >= 4 is 0 Å². The van der Waals surface area contributed by atoms with Gasteiger partial charge < -0.3 is 15.7 Å². The van der Waals surface area contributed by atoms with Crippen molar-refractivity contribution in [3.63, 3.8) is 0 Å². The summed E-state index contributed by atoms with van der Waals surface area (Å²) in [7, 11) is 0. The lowest BCUT2D eigenvalue weighted by molar-refractivity contribution is 0.214. The number of hydrogen-bond donors (Lipinski definition) is 3. The molecule has 0 spiro atoms. The minimum Gasteiger partial charge on any atom is -0.395 e. The Bertz CT molecular complexity index is 156. The molecule has 3 nitrogen and oxygen atoms in total. The largest absolute Gasteiger partial charge is 0.395 e. The zero-order chi connectivity index (χ0) is 11.1. The lowest BCUT2D eigenvalue weighted by atomic mass is 9.97. The number of nitrogens with one attached hydrogen (secondary N) is 2. The molecule has 1 aliphatic rings. The molecule has 0 radical (unpaired) electrons. The van der Waals surface area contributed by atoms with Gasteiger partial charge in [0, 0.05) is 6.04 Å². The van der Waals surface area contributed by atoms with Gasteiger partial charge in [-0.1, -0.05) is 13.8 Å². The van der Waals surface area contributed by atoms with Gasteiger partial charge in [-0.05, 0) is 50.7 Å². The highest BCUT2D eigenvalue weighted by Gasteiger charge is 2.15. The normalized spacial score (nSPS) is 20.8. The van der Waals surface area contributed by atoms with Gasteiger partial charge in [0.1, 0.15) is 0 Å². The van der Waals surface area contributed by atoms with Gasteiger partial charge in [0.05, 0.1) is 6.61 Å². The molecule has 1 aliphatic heterocycles. The summed E-state index contributed by atoms with van der Waals surface area (Å²) in [6, 6.07) is 0.292. The van der Waals surface area contributed by atoms with Crippen LogP contribution < -0.4 is 10.6 Å². The highest BCUT2D eigenvalue weighted by atomic mass is 16.3. The van der Waals surface area contributed by atoms with Crippen LogP contribution in [0.4, 0.5) is 0 Å². The van der Waals surface area contributed by atoms with Crippen LogP contribution in [0.2, 0.25) is 0 Å².